The first-order valence-corrected chi connectivity index (χ1v) is 12.8. The summed E-state index contributed by atoms with van der Waals surface area (Å²) in [6, 6.07) is 7.83. The monoisotopic (exact) mass is 447 g/mol. The van der Waals surface area contributed by atoms with Gasteiger partial charge in [0, 0.05) is 33.0 Å². The molecule has 0 amide bonds. The number of hydrogen-bond donors (Lipinski definition) is 1. The van der Waals surface area contributed by atoms with Gasteiger partial charge in [-0.1, -0.05) is 12.1 Å². The quantitative estimate of drug-likeness (QED) is 0.587. The molecule has 8 heteroatoms. The van der Waals surface area contributed by atoms with Gasteiger partial charge in [0.1, 0.15) is 16.4 Å². The van der Waals surface area contributed by atoms with E-state index >= 15 is 0 Å². The molecule has 0 spiro atoms. The third-order valence-electron chi connectivity index (χ3n) is 5.93. The van der Waals surface area contributed by atoms with E-state index in [1.165, 1.54) is 6.26 Å². The van der Waals surface area contributed by atoms with Gasteiger partial charge in [-0.2, -0.15) is 0 Å². The molecule has 1 aliphatic rings. The minimum Gasteiger partial charge on any atom is -0.480 e. The maximum atomic E-state index is 11.9. The van der Waals surface area contributed by atoms with Crippen molar-refractivity contribution in [3.8, 4) is 11.1 Å². The van der Waals surface area contributed by atoms with Gasteiger partial charge in [0.05, 0.1) is 23.3 Å². The highest BCUT2D eigenvalue weighted by Gasteiger charge is 2.30. The lowest BCUT2D eigenvalue weighted by Gasteiger charge is -2.27. The van der Waals surface area contributed by atoms with E-state index in [0.717, 1.165) is 45.5 Å². The van der Waals surface area contributed by atoms with Crippen molar-refractivity contribution < 1.29 is 22.7 Å². The first kappa shape index (κ1) is 21.1. The summed E-state index contributed by atoms with van der Waals surface area (Å²) in [7, 11) is -3.00. The largest absolute Gasteiger partial charge is 0.480 e. The second-order valence-electron chi connectivity index (χ2n) is 7.95. The zero-order chi connectivity index (χ0) is 21.5. The van der Waals surface area contributed by atoms with Crippen molar-refractivity contribution in [2.24, 2.45) is 0 Å². The Labute approximate surface area is 180 Å². The molecule has 0 atom stereocenters. The Balaban J connectivity index is 1.75. The number of nitrogens with zero attached hydrogens (tertiary/aromatic N) is 1. The lowest BCUT2D eigenvalue weighted by atomic mass is 10.00. The average Bonchev–Trinajstić information content (AvgIpc) is 3.31. The van der Waals surface area contributed by atoms with Gasteiger partial charge in [0.25, 0.3) is 0 Å². The fraction of sp³-hybridized carbons (Fsp3) is 0.409. The van der Waals surface area contributed by atoms with E-state index in [9.17, 15) is 18.3 Å². The Morgan fingerprint density at radius 2 is 1.97 bits per heavy atom. The lowest BCUT2D eigenvalue weighted by molar-refractivity contribution is -0.137. The van der Waals surface area contributed by atoms with Crippen molar-refractivity contribution in [3.05, 3.63) is 42.5 Å². The summed E-state index contributed by atoms with van der Waals surface area (Å²) in [4.78, 5) is 12.6. The number of benzene rings is 1. The van der Waals surface area contributed by atoms with Crippen molar-refractivity contribution in [2.45, 2.75) is 54.5 Å². The van der Waals surface area contributed by atoms with Crippen molar-refractivity contribution >= 4 is 38.5 Å². The molecule has 0 radical (unpaired) electrons. The maximum absolute atomic E-state index is 11.9. The minimum atomic E-state index is -3.00. The maximum Gasteiger partial charge on any atom is 0.323 e. The van der Waals surface area contributed by atoms with Crippen LogP contribution in [0.3, 0.4) is 0 Å². The highest BCUT2D eigenvalue weighted by molar-refractivity contribution is 8.00. The molecule has 2 aromatic heterocycles. The van der Waals surface area contributed by atoms with E-state index in [-0.39, 0.29) is 11.8 Å². The summed E-state index contributed by atoms with van der Waals surface area (Å²) in [5, 5.41) is 10.5. The summed E-state index contributed by atoms with van der Waals surface area (Å²) < 4.78 is 30.9. The van der Waals surface area contributed by atoms with Crippen LogP contribution >= 0.6 is 11.8 Å². The third-order valence-corrected chi connectivity index (χ3v) is 9.15. The SMILES string of the molecule is Cc1c(SC2CCC(S(C)(=O)=O)CC2)c2c(-c3ccoc3)cccc2n1CC(=O)O. The molecule has 2 heterocycles. The van der Waals surface area contributed by atoms with E-state index in [1.807, 2.05) is 35.8 Å². The molecule has 1 fully saturated rings. The van der Waals surface area contributed by atoms with Gasteiger partial charge < -0.3 is 14.1 Å². The predicted molar refractivity (Wildman–Crippen MR) is 119 cm³/mol. The molecule has 0 unspecified atom stereocenters. The second-order valence-corrected chi connectivity index (χ2v) is 11.6. The number of thioether (sulfide) groups is 1. The Hall–Kier alpha value is -2.19. The average molecular weight is 448 g/mol. The van der Waals surface area contributed by atoms with Gasteiger partial charge in [-0.25, -0.2) is 8.42 Å². The number of sulfone groups is 1. The number of carboxylic acid groups (broad SMARTS) is 1. The minimum absolute atomic E-state index is 0.0987. The van der Waals surface area contributed by atoms with Crippen molar-refractivity contribution in [3.63, 3.8) is 0 Å². The first-order chi connectivity index (χ1) is 14.3. The van der Waals surface area contributed by atoms with Crippen LogP contribution in [0.5, 0.6) is 0 Å². The van der Waals surface area contributed by atoms with Gasteiger partial charge in [-0.15, -0.1) is 11.8 Å². The Kier molecular flexibility index (Phi) is 5.72. The molecule has 0 bridgehead atoms. The van der Waals surface area contributed by atoms with Crippen LogP contribution in [0.1, 0.15) is 31.4 Å². The zero-order valence-electron chi connectivity index (χ0n) is 17.0. The molecule has 1 N–H and O–H groups in total. The predicted octanol–water partition coefficient (Wildman–Crippen LogP) is 4.74. The number of aliphatic carboxylic acids is 1. The fourth-order valence-electron chi connectivity index (χ4n) is 4.37. The first-order valence-electron chi connectivity index (χ1n) is 9.97. The van der Waals surface area contributed by atoms with Crippen LogP contribution in [0.4, 0.5) is 0 Å². The molecule has 6 nitrogen and oxygen atoms in total. The highest BCUT2D eigenvalue weighted by atomic mass is 32.2. The van der Waals surface area contributed by atoms with Crippen LogP contribution in [0.25, 0.3) is 22.0 Å². The van der Waals surface area contributed by atoms with Crippen molar-refractivity contribution in [1.82, 2.24) is 4.57 Å². The van der Waals surface area contributed by atoms with Crippen LogP contribution in [0.2, 0.25) is 0 Å². The Morgan fingerprint density at radius 3 is 2.57 bits per heavy atom. The fourth-order valence-corrected chi connectivity index (χ4v) is 6.96. The standard InChI is InChI=1S/C22H25NO5S2/c1-14-22(29-16-6-8-17(9-7-16)30(2,26)27)21-18(15-10-11-28-13-15)4-3-5-19(21)23(14)12-20(24)25/h3-5,10-11,13,16-17H,6-9,12H2,1-2H3,(H,24,25). The molecule has 0 saturated heterocycles. The molecule has 1 saturated carbocycles. The van der Waals surface area contributed by atoms with E-state index in [2.05, 4.69) is 0 Å². The zero-order valence-corrected chi connectivity index (χ0v) is 18.6. The molecule has 0 aliphatic heterocycles. The van der Waals surface area contributed by atoms with Crippen LogP contribution in [0, 0.1) is 6.92 Å². The molecule has 30 heavy (non-hydrogen) atoms. The highest BCUT2D eigenvalue weighted by Crippen LogP contribution is 2.44. The number of rotatable bonds is 6. The summed E-state index contributed by atoms with van der Waals surface area (Å²) in [6.07, 6.45) is 7.68. The molecule has 4 rings (SSSR count). The lowest BCUT2D eigenvalue weighted by Crippen LogP contribution is -2.27. The number of carbonyl (C=O) groups is 1. The van der Waals surface area contributed by atoms with Gasteiger partial charge in [-0.3, -0.25) is 4.79 Å². The summed E-state index contributed by atoms with van der Waals surface area (Å²) in [5.41, 5.74) is 3.79. The van der Waals surface area contributed by atoms with Crippen LogP contribution in [-0.4, -0.2) is 40.8 Å². The smallest absolute Gasteiger partial charge is 0.323 e. The second kappa shape index (κ2) is 8.15. The van der Waals surface area contributed by atoms with Crippen LogP contribution in [0.15, 0.2) is 46.1 Å². The summed E-state index contributed by atoms with van der Waals surface area (Å²) >= 11 is 1.75. The van der Waals surface area contributed by atoms with Crippen LogP contribution < -0.4 is 0 Å². The molecule has 1 aliphatic carbocycles. The van der Waals surface area contributed by atoms with Gasteiger partial charge >= 0.3 is 5.97 Å². The molecular weight excluding hydrogens is 422 g/mol. The molecule has 1 aromatic carbocycles. The molecule has 3 aromatic rings. The normalized spacial score (nSPS) is 19.9. The number of fused-ring (bicyclic) bond motifs is 1. The van der Waals surface area contributed by atoms with Crippen molar-refractivity contribution in [2.75, 3.05) is 6.26 Å². The topological polar surface area (TPSA) is 89.5 Å². The van der Waals surface area contributed by atoms with E-state index in [0.29, 0.717) is 18.1 Å². The molecule has 160 valence electrons. The van der Waals surface area contributed by atoms with E-state index in [1.54, 1.807) is 24.3 Å². The number of aromatic nitrogens is 1. The van der Waals surface area contributed by atoms with Crippen LogP contribution in [-0.2, 0) is 21.2 Å². The molecular formula is C22H25NO5S2. The number of hydrogen-bond acceptors (Lipinski definition) is 5. The van der Waals surface area contributed by atoms with Crippen molar-refractivity contribution in [1.29, 1.82) is 0 Å². The Bertz CT molecular complexity index is 1170. The van der Waals surface area contributed by atoms with E-state index < -0.39 is 15.8 Å². The van der Waals surface area contributed by atoms with Gasteiger partial charge in [-0.05, 0) is 50.3 Å². The number of furan rings is 1. The number of carboxylic acids is 1. The van der Waals surface area contributed by atoms with E-state index in [4.69, 9.17) is 4.42 Å². The summed E-state index contributed by atoms with van der Waals surface area (Å²) in [5.74, 6) is -0.881. The van der Waals surface area contributed by atoms with Gasteiger partial charge in [0.15, 0.2) is 0 Å². The Morgan fingerprint density at radius 1 is 1.23 bits per heavy atom. The van der Waals surface area contributed by atoms with Gasteiger partial charge in [0.2, 0.25) is 0 Å². The third kappa shape index (κ3) is 4.03. The summed E-state index contributed by atoms with van der Waals surface area (Å²) in [6.45, 7) is 1.87.